The molecule has 1 aliphatic carbocycles. The Balaban J connectivity index is 1.82. The van der Waals surface area contributed by atoms with Gasteiger partial charge in [0, 0.05) is 35.3 Å². The van der Waals surface area contributed by atoms with E-state index >= 15 is 0 Å². The Hall–Kier alpha value is -2.64. The highest BCUT2D eigenvalue weighted by atomic mass is 19.1. The number of aliphatic hydroxyl groups excluding tert-OH is 1. The molecule has 3 unspecified atom stereocenters. The van der Waals surface area contributed by atoms with Crippen molar-refractivity contribution in [3.8, 4) is 11.1 Å². The lowest BCUT2D eigenvalue weighted by Crippen LogP contribution is -2.24. The molecule has 0 aliphatic heterocycles. The van der Waals surface area contributed by atoms with E-state index in [1.165, 1.54) is 12.4 Å². The number of pyridine rings is 1. The van der Waals surface area contributed by atoms with Crippen LogP contribution in [0.2, 0.25) is 0 Å². The Bertz CT molecular complexity index is 1070. The molecule has 3 N–H and O–H groups in total. The van der Waals surface area contributed by atoms with Crippen LogP contribution in [0, 0.1) is 23.2 Å². The average molecular weight is 395 g/mol. The minimum atomic E-state index is -1.20. The van der Waals surface area contributed by atoms with Crippen LogP contribution in [-0.2, 0) is 0 Å². The van der Waals surface area contributed by atoms with Gasteiger partial charge in [-0.05, 0) is 48.3 Å². The second-order valence-electron chi connectivity index (χ2n) is 8.48. The van der Waals surface area contributed by atoms with E-state index < -0.39 is 12.2 Å². The minimum Gasteiger partial charge on any atom is -0.374 e. The van der Waals surface area contributed by atoms with Gasteiger partial charge in [0.1, 0.15) is 6.23 Å². The third kappa shape index (κ3) is 3.45. The number of nitrogens with zero attached hydrogens (tertiary/aromatic N) is 4. The summed E-state index contributed by atoms with van der Waals surface area (Å²) in [6.07, 6.45) is 7.66. The maximum atomic E-state index is 14.2. The second-order valence-corrected chi connectivity index (χ2v) is 8.48. The number of fused-ring (bicyclic) bond motifs is 1. The second kappa shape index (κ2) is 7.31. The molecule has 29 heavy (non-hydrogen) atoms. The zero-order valence-electron chi connectivity index (χ0n) is 16.9. The fourth-order valence-corrected chi connectivity index (χ4v) is 4.13. The first kappa shape index (κ1) is 19.7. The van der Waals surface area contributed by atoms with Crippen LogP contribution in [0.15, 0.2) is 41.8 Å². The molecule has 0 radical (unpaired) electrons. The predicted octanol–water partition coefficient (Wildman–Crippen LogP) is 4.26. The molecule has 1 aliphatic rings. The van der Waals surface area contributed by atoms with Gasteiger partial charge in [-0.2, -0.15) is 9.49 Å². The van der Waals surface area contributed by atoms with Gasteiger partial charge in [-0.25, -0.2) is 9.50 Å². The molecule has 3 aromatic heterocycles. The zero-order chi connectivity index (χ0) is 20.8. The molecule has 1 saturated carbocycles. The first-order valence-electron chi connectivity index (χ1n) is 9.89. The van der Waals surface area contributed by atoms with Crippen LogP contribution in [0.3, 0.4) is 0 Å². The van der Waals surface area contributed by atoms with Crippen molar-refractivity contribution >= 4 is 17.4 Å². The first-order chi connectivity index (χ1) is 13.8. The van der Waals surface area contributed by atoms with Crippen LogP contribution in [0.25, 0.3) is 16.6 Å². The summed E-state index contributed by atoms with van der Waals surface area (Å²) in [5.41, 5.74) is 8.60. The largest absolute Gasteiger partial charge is 0.374 e. The van der Waals surface area contributed by atoms with Gasteiger partial charge in [0.2, 0.25) is 5.95 Å². The number of hydrogen-bond acceptors (Lipinski definition) is 5. The fraction of sp³-hybridized carbons (Fsp3) is 0.409. The lowest BCUT2D eigenvalue weighted by Gasteiger charge is -2.28. The molecule has 3 atom stereocenters. The summed E-state index contributed by atoms with van der Waals surface area (Å²) in [4.78, 5) is 8.48. The highest BCUT2D eigenvalue weighted by Crippen LogP contribution is 2.46. The van der Waals surface area contributed by atoms with E-state index in [0.29, 0.717) is 39.7 Å². The van der Waals surface area contributed by atoms with Crippen LogP contribution in [0.1, 0.15) is 45.4 Å². The van der Waals surface area contributed by atoms with Crippen LogP contribution in [0.4, 0.5) is 10.1 Å². The molecule has 4 rings (SSSR count). The van der Waals surface area contributed by atoms with Gasteiger partial charge in [-0.3, -0.25) is 4.99 Å². The van der Waals surface area contributed by atoms with Crippen molar-refractivity contribution in [1.82, 2.24) is 14.6 Å². The molecule has 0 bridgehead atoms. The highest BCUT2D eigenvalue weighted by molar-refractivity contribution is 5.82. The molecular formula is C22H26FN5O. The summed E-state index contributed by atoms with van der Waals surface area (Å²) in [5, 5.41) is 14.4. The topological polar surface area (TPSA) is 88.8 Å². The molecule has 152 valence electrons. The fourth-order valence-electron chi connectivity index (χ4n) is 4.13. The number of aromatic nitrogens is 3. The van der Waals surface area contributed by atoms with Crippen molar-refractivity contribution in [2.45, 2.75) is 39.8 Å². The van der Waals surface area contributed by atoms with E-state index in [1.54, 1.807) is 28.9 Å². The van der Waals surface area contributed by atoms with E-state index in [0.717, 1.165) is 12.8 Å². The predicted molar refractivity (Wildman–Crippen MR) is 111 cm³/mol. The normalized spacial score (nSPS) is 22.6. The Morgan fingerprint density at radius 2 is 2.21 bits per heavy atom. The van der Waals surface area contributed by atoms with Crippen molar-refractivity contribution in [2.24, 2.45) is 28.0 Å². The Morgan fingerprint density at radius 1 is 1.41 bits per heavy atom. The Kier molecular flexibility index (Phi) is 4.96. The number of rotatable bonds is 4. The summed E-state index contributed by atoms with van der Waals surface area (Å²) in [6.45, 7) is 6.81. The molecule has 0 amide bonds. The van der Waals surface area contributed by atoms with Crippen LogP contribution < -0.4 is 5.73 Å². The van der Waals surface area contributed by atoms with Gasteiger partial charge >= 0.3 is 0 Å². The third-order valence-corrected chi connectivity index (χ3v) is 6.55. The SMILES string of the molecule is CC1CCC(C=Nc2c(C(N)O)cnn3cc(-c4cccnc4F)cc23)C1(C)C. The maximum absolute atomic E-state index is 14.2. The smallest absolute Gasteiger partial charge is 0.220 e. The molecule has 7 heteroatoms. The Labute approximate surface area is 169 Å². The van der Waals surface area contributed by atoms with Crippen LogP contribution >= 0.6 is 0 Å². The zero-order valence-corrected chi connectivity index (χ0v) is 16.9. The standard InChI is InChI=1S/C22H26FN5O/c1-13-6-7-15(22(13,2)3)10-26-19-17(21(24)29)11-27-28-12-14(9-18(19)28)16-5-4-8-25-20(16)23/h4-5,8-13,15,21,29H,6-7,24H2,1-3H3. The van der Waals surface area contributed by atoms with E-state index in [4.69, 9.17) is 10.7 Å². The monoisotopic (exact) mass is 395 g/mol. The Morgan fingerprint density at radius 3 is 2.86 bits per heavy atom. The van der Waals surface area contributed by atoms with E-state index in [2.05, 4.69) is 30.9 Å². The number of aliphatic hydroxyl groups is 1. The number of halogens is 1. The molecule has 0 saturated heterocycles. The average Bonchev–Trinajstić information content (AvgIpc) is 3.21. The van der Waals surface area contributed by atoms with Crippen molar-refractivity contribution in [3.05, 3.63) is 48.3 Å². The van der Waals surface area contributed by atoms with Crippen LogP contribution in [0.5, 0.6) is 0 Å². The molecular weight excluding hydrogens is 369 g/mol. The van der Waals surface area contributed by atoms with E-state index in [9.17, 15) is 9.50 Å². The van der Waals surface area contributed by atoms with Crippen molar-refractivity contribution < 1.29 is 9.50 Å². The van der Waals surface area contributed by atoms with Crippen molar-refractivity contribution in [2.75, 3.05) is 0 Å². The van der Waals surface area contributed by atoms with Gasteiger partial charge < -0.3 is 10.8 Å². The molecule has 0 spiro atoms. The molecule has 1 fully saturated rings. The summed E-state index contributed by atoms with van der Waals surface area (Å²) < 4.78 is 15.8. The van der Waals surface area contributed by atoms with Gasteiger partial charge in [0.25, 0.3) is 0 Å². The summed E-state index contributed by atoms with van der Waals surface area (Å²) in [5.74, 6) is 0.400. The van der Waals surface area contributed by atoms with Crippen molar-refractivity contribution in [3.63, 3.8) is 0 Å². The number of hydrogen-bond donors (Lipinski definition) is 2. The maximum Gasteiger partial charge on any atom is 0.220 e. The van der Waals surface area contributed by atoms with Crippen molar-refractivity contribution in [1.29, 1.82) is 0 Å². The van der Waals surface area contributed by atoms with Gasteiger partial charge in [0.15, 0.2) is 0 Å². The number of nitrogens with two attached hydrogens (primary N) is 1. The summed E-state index contributed by atoms with van der Waals surface area (Å²) in [6, 6.07) is 5.15. The minimum absolute atomic E-state index is 0.153. The molecule has 3 heterocycles. The third-order valence-electron chi connectivity index (χ3n) is 6.55. The molecule has 0 aromatic carbocycles. The van der Waals surface area contributed by atoms with Gasteiger partial charge in [0.05, 0.1) is 17.4 Å². The quantitative estimate of drug-likeness (QED) is 0.392. The summed E-state index contributed by atoms with van der Waals surface area (Å²) >= 11 is 0. The van der Waals surface area contributed by atoms with E-state index in [1.807, 2.05) is 6.21 Å². The lowest BCUT2D eigenvalue weighted by atomic mass is 9.77. The highest BCUT2D eigenvalue weighted by Gasteiger charge is 2.39. The molecule has 3 aromatic rings. The van der Waals surface area contributed by atoms with E-state index in [-0.39, 0.29) is 5.41 Å². The first-order valence-corrected chi connectivity index (χ1v) is 9.89. The molecule has 6 nitrogen and oxygen atoms in total. The van der Waals surface area contributed by atoms with Crippen LogP contribution in [-0.4, -0.2) is 25.9 Å². The van der Waals surface area contributed by atoms with Gasteiger partial charge in [-0.1, -0.05) is 20.8 Å². The number of aliphatic imine (C=N–C) groups is 1. The summed E-state index contributed by atoms with van der Waals surface area (Å²) in [7, 11) is 0. The lowest BCUT2D eigenvalue weighted by molar-refractivity contribution is 0.186. The van der Waals surface area contributed by atoms with Gasteiger partial charge in [-0.15, -0.1) is 0 Å².